The third-order valence-corrected chi connectivity index (χ3v) is 2.84. The van der Waals surface area contributed by atoms with E-state index in [4.69, 9.17) is 9.31 Å². The highest BCUT2D eigenvalue weighted by atomic mass is 19.3. The Kier molecular flexibility index (Phi) is 4.40. The van der Waals surface area contributed by atoms with Crippen LogP contribution < -0.4 is 10.2 Å². The van der Waals surface area contributed by atoms with Crippen molar-refractivity contribution >= 4 is 18.9 Å². The summed E-state index contributed by atoms with van der Waals surface area (Å²) in [6.07, 6.45) is 0.564. The summed E-state index contributed by atoms with van der Waals surface area (Å²) >= 11 is 0. The molecule has 1 aliphatic heterocycles. The zero-order valence-corrected chi connectivity index (χ0v) is 11.3. The fourth-order valence-corrected chi connectivity index (χ4v) is 1.91. The molecule has 0 radical (unpaired) electrons. The summed E-state index contributed by atoms with van der Waals surface area (Å²) in [5, 5.41) is 0. The van der Waals surface area contributed by atoms with Crippen molar-refractivity contribution in [3.8, 4) is 5.75 Å². The molecule has 0 aromatic heterocycles. The Morgan fingerprint density at radius 1 is 1.30 bits per heavy atom. The minimum Gasteiger partial charge on any atom is -0.435 e. The molecule has 0 aliphatic carbocycles. The van der Waals surface area contributed by atoms with E-state index in [1.54, 1.807) is 0 Å². The highest BCUT2D eigenvalue weighted by molar-refractivity contribution is 6.61. The Balaban J connectivity index is 2.20. The Hall–Kier alpha value is -1.47. The molecule has 4 nitrogen and oxygen atoms in total. The first kappa shape index (κ1) is 14.9. The van der Waals surface area contributed by atoms with Crippen LogP contribution in [0.15, 0.2) is 18.2 Å². The molecular weight excluding hydrogens is 269 g/mol. The molecule has 1 fully saturated rings. The van der Waals surface area contributed by atoms with E-state index in [0.29, 0.717) is 25.0 Å². The molecule has 1 aromatic carbocycles. The molecule has 2 rings (SSSR count). The van der Waals surface area contributed by atoms with E-state index in [1.807, 2.05) is 13.8 Å². The van der Waals surface area contributed by atoms with Gasteiger partial charge in [-0.25, -0.2) is 0 Å². The van der Waals surface area contributed by atoms with Crippen molar-refractivity contribution in [3.63, 3.8) is 0 Å². The summed E-state index contributed by atoms with van der Waals surface area (Å²) in [4.78, 5) is 10.9. The molecule has 0 atom stereocenters. The number of carbonyl (C=O) groups excluding carboxylic acids is 1. The number of benzene rings is 1. The standard InChI is InChI=1S/C13H15BF2O4/c1-13(2)7-18-14(19-8-13)10-3-9(6-17)4-11(5-10)20-12(15)16/h3-6,12H,7-8H2,1-2H3. The molecule has 7 heteroatoms. The van der Waals surface area contributed by atoms with E-state index in [1.165, 1.54) is 18.2 Å². The lowest BCUT2D eigenvalue weighted by molar-refractivity contribution is -0.0498. The van der Waals surface area contributed by atoms with Crippen molar-refractivity contribution in [1.29, 1.82) is 0 Å². The number of halogens is 2. The SMILES string of the molecule is CC1(C)COB(c2cc(C=O)cc(OC(F)F)c2)OC1. The Morgan fingerprint density at radius 3 is 2.50 bits per heavy atom. The lowest BCUT2D eigenvalue weighted by Gasteiger charge is -2.33. The molecule has 0 amide bonds. The monoisotopic (exact) mass is 284 g/mol. The maximum absolute atomic E-state index is 12.3. The first-order valence-electron chi connectivity index (χ1n) is 6.18. The van der Waals surface area contributed by atoms with Gasteiger partial charge in [0.25, 0.3) is 0 Å². The van der Waals surface area contributed by atoms with Gasteiger partial charge >= 0.3 is 13.7 Å². The largest absolute Gasteiger partial charge is 0.494 e. The van der Waals surface area contributed by atoms with Gasteiger partial charge in [-0.05, 0) is 17.6 Å². The van der Waals surface area contributed by atoms with Crippen LogP contribution in [0.2, 0.25) is 0 Å². The third-order valence-electron chi connectivity index (χ3n) is 2.84. The second kappa shape index (κ2) is 5.89. The van der Waals surface area contributed by atoms with Gasteiger partial charge in [-0.3, -0.25) is 4.79 Å². The number of hydrogen-bond donors (Lipinski definition) is 0. The summed E-state index contributed by atoms with van der Waals surface area (Å²) in [5.74, 6) is -0.0865. The fraction of sp³-hybridized carbons (Fsp3) is 0.462. The van der Waals surface area contributed by atoms with Crippen molar-refractivity contribution in [1.82, 2.24) is 0 Å². The van der Waals surface area contributed by atoms with E-state index in [2.05, 4.69) is 4.74 Å². The first-order chi connectivity index (χ1) is 9.39. The average molecular weight is 284 g/mol. The maximum atomic E-state index is 12.3. The van der Waals surface area contributed by atoms with E-state index in [9.17, 15) is 13.6 Å². The Labute approximate surface area is 116 Å². The number of hydrogen-bond acceptors (Lipinski definition) is 4. The molecule has 0 bridgehead atoms. The summed E-state index contributed by atoms with van der Waals surface area (Å²) in [5.41, 5.74) is 0.622. The number of ether oxygens (including phenoxy) is 1. The third kappa shape index (κ3) is 3.77. The molecule has 20 heavy (non-hydrogen) atoms. The molecule has 0 unspecified atom stereocenters. The fourth-order valence-electron chi connectivity index (χ4n) is 1.91. The lowest BCUT2D eigenvalue weighted by Crippen LogP contribution is -2.47. The van der Waals surface area contributed by atoms with Gasteiger partial charge in [-0.1, -0.05) is 19.9 Å². The second-order valence-electron chi connectivity index (χ2n) is 5.45. The minimum absolute atomic E-state index is 0.0865. The van der Waals surface area contributed by atoms with Crippen molar-refractivity contribution < 1.29 is 27.6 Å². The van der Waals surface area contributed by atoms with Crippen LogP contribution in [0.1, 0.15) is 24.2 Å². The Bertz CT molecular complexity index is 483. The molecule has 0 N–H and O–H groups in total. The lowest BCUT2D eigenvalue weighted by atomic mass is 9.75. The molecule has 1 aliphatic rings. The van der Waals surface area contributed by atoms with E-state index in [0.717, 1.165) is 0 Å². The highest BCUT2D eigenvalue weighted by Crippen LogP contribution is 2.22. The summed E-state index contributed by atoms with van der Waals surface area (Å²) in [6.45, 7) is 2.01. The van der Waals surface area contributed by atoms with Crippen LogP contribution in [0, 0.1) is 5.41 Å². The smallest absolute Gasteiger partial charge is 0.435 e. The van der Waals surface area contributed by atoms with Crippen LogP contribution in [0.3, 0.4) is 0 Å². The van der Waals surface area contributed by atoms with Crippen LogP contribution in [0.5, 0.6) is 5.75 Å². The van der Waals surface area contributed by atoms with Gasteiger partial charge in [0.2, 0.25) is 0 Å². The molecule has 1 aromatic rings. The van der Waals surface area contributed by atoms with E-state index >= 15 is 0 Å². The first-order valence-corrected chi connectivity index (χ1v) is 6.18. The molecule has 0 saturated carbocycles. The average Bonchev–Trinajstić information content (AvgIpc) is 2.37. The Morgan fingerprint density at radius 2 is 1.95 bits per heavy atom. The second-order valence-corrected chi connectivity index (χ2v) is 5.45. The molecule has 1 saturated heterocycles. The van der Waals surface area contributed by atoms with Crippen LogP contribution in [0.4, 0.5) is 8.78 Å². The van der Waals surface area contributed by atoms with Crippen LogP contribution in [0.25, 0.3) is 0 Å². The zero-order chi connectivity index (χ0) is 14.8. The van der Waals surface area contributed by atoms with Crippen molar-refractivity contribution in [2.45, 2.75) is 20.5 Å². The predicted octanol–water partition coefficient (Wildman–Crippen LogP) is 1.87. The van der Waals surface area contributed by atoms with Gasteiger partial charge in [-0.15, -0.1) is 0 Å². The molecule has 0 spiro atoms. The number of aldehydes is 1. The van der Waals surface area contributed by atoms with Crippen molar-refractivity contribution in [2.24, 2.45) is 5.41 Å². The van der Waals surface area contributed by atoms with Crippen molar-refractivity contribution in [3.05, 3.63) is 23.8 Å². The zero-order valence-electron chi connectivity index (χ0n) is 11.3. The highest BCUT2D eigenvalue weighted by Gasteiger charge is 2.33. The topological polar surface area (TPSA) is 44.8 Å². The van der Waals surface area contributed by atoms with Gasteiger partial charge in [0.15, 0.2) is 0 Å². The number of rotatable bonds is 4. The van der Waals surface area contributed by atoms with Crippen molar-refractivity contribution in [2.75, 3.05) is 13.2 Å². The molecule has 108 valence electrons. The van der Waals surface area contributed by atoms with E-state index < -0.39 is 13.7 Å². The van der Waals surface area contributed by atoms with Crippen LogP contribution in [-0.2, 0) is 9.31 Å². The molecular formula is C13H15BF2O4. The predicted molar refractivity (Wildman–Crippen MR) is 69.5 cm³/mol. The summed E-state index contributed by atoms with van der Waals surface area (Å²) in [7, 11) is -0.678. The van der Waals surface area contributed by atoms with Gasteiger partial charge in [0.05, 0.1) is 0 Å². The van der Waals surface area contributed by atoms with Gasteiger partial charge in [0.1, 0.15) is 12.0 Å². The summed E-state index contributed by atoms with van der Waals surface area (Å²) < 4.78 is 40.0. The normalized spacial score (nSPS) is 18.1. The van der Waals surface area contributed by atoms with Crippen LogP contribution in [-0.4, -0.2) is 33.2 Å². The van der Waals surface area contributed by atoms with Crippen LogP contribution >= 0.6 is 0 Å². The number of alkyl halides is 2. The summed E-state index contributed by atoms with van der Waals surface area (Å²) in [6, 6.07) is 4.17. The quantitative estimate of drug-likeness (QED) is 0.625. The molecule has 1 heterocycles. The number of carbonyl (C=O) groups is 1. The van der Waals surface area contributed by atoms with Gasteiger partial charge in [-0.2, -0.15) is 8.78 Å². The van der Waals surface area contributed by atoms with E-state index in [-0.39, 0.29) is 16.7 Å². The minimum atomic E-state index is -2.95. The maximum Gasteiger partial charge on any atom is 0.494 e. The van der Waals surface area contributed by atoms with Gasteiger partial charge in [0, 0.05) is 24.2 Å². The van der Waals surface area contributed by atoms with Gasteiger partial charge < -0.3 is 14.0 Å².